The van der Waals surface area contributed by atoms with Gasteiger partial charge in [0.15, 0.2) is 0 Å². The predicted molar refractivity (Wildman–Crippen MR) is 87.1 cm³/mol. The third kappa shape index (κ3) is 3.80. The molecule has 0 heterocycles. The van der Waals surface area contributed by atoms with Gasteiger partial charge in [0.25, 0.3) is 5.69 Å². The molecule has 128 valence electrons. The molecule has 5 nitrogen and oxygen atoms in total. The molecule has 8 heteroatoms. The zero-order valence-electron chi connectivity index (χ0n) is 12.7. The molecular formula is C16H15ClF2N2O3. The number of nitrogens with zero attached hydrogens (tertiary/aromatic N) is 1. The summed E-state index contributed by atoms with van der Waals surface area (Å²) in [5, 5.41) is 24.0. The molecular weight excluding hydrogens is 342 g/mol. The number of halogens is 3. The Kier molecular flexibility index (Phi) is 5.69. The van der Waals surface area contributed by atoms with Gasteiger partial charge < -0.3 is 10.4 Å². The minimum absolute atomic E-state index is 0.0730. The van der Waals surface area contributed by atoms with Crippen LogP contribution in [0.3, 0.4) is 0 Å². The maximum atomic E-state index is 13.8. The van der Waals surface area contributed by atoms with E-state index in [0.717, 1.165) is 18.2 Å². The van der Waals surface area contributed by atoms with Crippen molar-refractivity contribution in [3.8, 4) is 0 Å². The van der Waals surface area contributed by atoms with Crippen LogP contribution >= 0.6 is 11.6 Å². The highest BCUT2D eigenvalue weighted by atomic mass is 35.5. The van der Waals surface area contributed by atoms with E-state index in [2.05, 4.69) is 5.32 Å². The first kappa shape index (κ1) is 18.1. The summed E-state index contributed by atoms with van der Waals surface area (Å²) >= 11 is 5.99. The SMILES string of the molecule is CC[C@@H](Nc1ccc([N+](=O)[O-])cc1Cl)[C@@H](O)c1c(F)cccc1F. The Balaban J connectivity index is 2.28. The lowest BCUT2D eigenvalue weighted by Crippen LogP contribution is -2.28. The van der Waals surface area contributed by atoms with Crippen LogP contribution in [0.25, 0.3) is 0 Å². The molecule has 0 bridgehead atoms. The van der Waals surface area contributed by atoms with Crippen LogP contribution in [0, 0.1) is 21.7 Å². The number of aliphatic hydroxyl groups is 1. The van der Waals surface area contributed by atoms with Gasteiger partial charge in [-0.1, -0.05) is 24.6 Å². The third-order valence-electron chi connectivity index (χ3n) is 3.62. The van der Waals surface area contributed by atoms with Gasteiger partial charge in [0, 0.05) is 12.1 Å². The van der Waals surface area contributed by atoms with Crippen molar-refractivity contribution in [2.75, 3.05) is 5.32 Å². The number of benzene rings is 2. The molecule has 2 aromatic rings. The largest absolute Gasteiger partial charge is 0.386 e. The van der Waals surface area contributed by atoms with E-state index in [-0.39, 0.29) is 10.7 Å². The van der Waals surface area contributed by atoms with Gasteiger partial charge in [-0.25, -0.2) is 8.78 Å². The average molecular weight is 357 g/mol. The molecule has 2 aromatic carbocycles. The number of anilines is 1. The molecule has 2 atom stereocenters. The minimum atomic E-state index is -1.46. The van der Waals surface area contributed by atoms with Gasteiger partial charge >= 0.3 is 0 Å². The van der Waals surface area contributed by atoms with Crippen LogP contribution in [0.5, 0.6) is 0 Å². The lowest BCUT2D eigenvalue weighted by Gasteiger charge is -2.25. The summed E-state index contributed by atoms with van der Waals surface area (Å²) < 4.78 is 27.7. The fourth-order valence-electron chi connectivity index (χ4n) is 2.33. The average Bonchev–Trinajstić information content (AvgIpc) is 2.53. The van der Waals surface area contributed by atoms with E-state index in [1.54, 1.807) is 6.92 Å². The van der Waals surface area contributed by atoms with E-state index in [4.69, 9.17) is 11.6 Å². The fourth-order valence-corrected chi connectivity index (χ4v) is 2.56. The van der Waals surface area contributed by atoms with Crippen molar-refractivity contribution in [2.45, 2.75) is 25.5 Å². The first-order valence-electron chi connectivity index (χ1n) is 7.17. The summed E-state index contributed by atoms with van der Waals surface area (Å²) in [6.07, 6.45) is -1.12. The molecule has 2 N–H and O–H groups in total. The number of aliphatic hydroxyl groups excluding tert-OH is 1. The molecule has 0 saturated heterocycles. The van der Waals surface area contributed by atoms with Crippen molar-refractivity contribution in [3.63, 3.8) is 0 Å². The van der Waals surface area contributed by atoms with Gasteiger partial charge in [-0.15, -0.1) is 0 Å². The molecule has 2 rings (SSSR count). The Labute approximate surface area is 142 Å². The van der Waals surface area contributed by atoms with Crippen LogP contribution in [-0.4, -0.2) is 16.1 Å². The first-order valence-corrected chi connectivity index (χ1v) is 7.55. The summed E-state index contributed by atoms with van der Waals surface area (Å²) in [7, 11) is 0. The third-order valence-corrected chi connectivity index (χ3v) is 3.93. The van der Waals surface area contributed by atoms with Crippen molar-refractivity contribution >= 4 is 23.0 Å². The molecule has 0 aliphatic heterocycles. The zero-order valence-corrected chi connectivity index (χ0v) is 13.4. The molecule has 0 aliphatic rings. The first-order chi connectivity index (χ1) is 11.3. The number of non-ortho nitro benzene ring substituents is 1. The molecule has 0 aromatic heterocycles. The molecule has 0 amide bonds. The van der Waals surface area contributed by atoms with Crippen LogP contribution in [0.4, 0.5) is 20.2 Å². The highest BCUT2D eigenvalue weighted by Gasteiger charge is 2.26. The molecule has 0 radical (unpaired) electrons. The van der Waals surface area contributed by atoms with Crippen molar-refractivity contribution in [3.05, 3.63) is 68.7 Å². The van der Waals surface area contributed by atoms with Crippen LogP contribution in [0.15, 0.2) is 36.4 Å². The number of rotatable bonds is 6. The van der Waals surface area contributed by atoms with Crippen LogP contribution in [-0.2, 0) is 0 Å². The van der Waals surface area contributed by atoms with Gasteiger partial charge in [0.1, 0.15) is 17.7 Å². The number of hydrogen-bond donors (Lipinski definition) is 2. The Morgan fingerprint density at radius 2 is 1.92 bits per heavy atom. The summed E-state index contributed by atoms with van der Waals surface area (Å²) in [6, 6.07) is 6.38. The fraction of sp³-hybridized carbons (Fsp3) is 0.250. The van der Waals surface area contributed by atoms with E-state index in [1.165, 1.54) is 18.2 Å². The maximum absolute atomic E-state index is 13.8. The Hall–Kier alpha value is -2.25. The highest BCUT2D eigenvalue weighted by Crippen LogP contribution is 2.31. The van der Waals surface area contributed by atoms with Crippen LogP contribution < -0.4 is 5.32 Å². The van der Waals surface area contributed by atoms with Gasteiger partial charge in [-0.2, -0.15) is 0 Å². The van der Waals surface area contributed by atoms with Crippen molar-refractivity contribution in [1.82, 2.24) is 0 Å². The highest BCUT2D eigenvalue weighted by molar-refractivity contribution is 6.33. The second-order valence-corrected chi connectivity index (χ2v) is 5.57. The quantitative estimate of drug-likeness (QED) is 0.592. The van der Waals surface area contributed by atoms with Crippen molar-refractivity contribution in [1.29, 1.82) is 0 Å². The van der Waals surface area contributed by atoms with E-state index in [1.807, 2.05) is 0 Å². The molecule has 0 aliphatic carbocycles. The standard InChI is InChI=1S/C16H15ClF2N2O3/c1-2-13(16(22)15-11(18)4-3-5-12(15)19)20-14-7-6-9(21(23)24)8-10(14)17/h3-8,13,16,20,22H,2H2,1H3/t13-,16-/m1/s1. The van der Waals surface area contributed by atoms with Crippen LogP contribution in [0.1, 0.15) is 25.0 Å². The predicted octanol–water partition coefficient (Wildman–Crippen LogP) is 4.45. The van der Waals surface area contributed by atoms with E-state index in [9.17, 15) is 24.0 Å². The molecule has 0 spiro atoms. The van der Waals surface area contributed by atoms with Crippen molar-refractivity contribution < 1.29 is 18.8 Å². The van der Waals surface area contributed by atoms with Gasteiger partial charge in [-0.05, 0) is 24.6 Å². The summed E-state index contributed by atoms with van der Waals surface area (Å²) in [5.41, 5.74) is -0.293. The molecule has 0 fully saturated rings. The minimum Gasteiger partial charge on any atom is -0.386 e. The van der Waals surface area contributed by atoms with E-state index < -0.39 is 34.3 Å². The number of nitrogens with one attached hydrogen (secondary N) is 1. The second kappa shape index (κ2) is 7.55. The zero-order chi connectivity index (χ0) is 17.9. The smallest absolute Gasteiger partial charge is 0.271 e. The second-order valence-electron chi connectivity index (χ2n) is 5.16. The van der Waals surface area contributed by atoms with E-state index in [0.29, 0.717) is 12.1 Å². The molecule has 24 heavy (non-hydrogen) atoms. The van der Waals surface area contributed by atoms with Crippen LogP contribution in [0.2, 0.25) is 5.02 Å². The van der Waals surface area contributed by atoms with Crippen molar-refractivity contribution in [2.24, 2.45) is 0 Å². The molecule has 0 saturated carbocycles. The van der Waals surface area contributed by atoms with Gasteiger partial charge in [0.2, 0.25) is 0 Å². The summed E-state index contributed by atoms with van der Waals surface area (Å²) in [5.74, 6) is -1.70. The number of nitro benzene ring substituents is 1. The number of nitro groups is 1. The van der Waals surface area contributed by atoms with E-state index >= 15 is 0 Å². The Morgan fingerprint density at radius 1 is 1.29 bits per heavy atom. The summed E-state index contributed by atoms with van der Waals surface area (Å²) in [4.78, 5) is 10.1. The van der Waals surface area contributed by atoms with Gasteiger partial charge in [0.05, 0.1) is 27.2 Å². The maximum Gasteiger partial charge on any atom is 0.271 e. The Bertz CT molecular complexity index is 738. The Morgan fingerprint density at radius 3 is 2.42 bits per heavy atom. The monoisotopic (exact) mass is 356 g/mol. The topological polar surface area (TPSA) is 75.4 Å². The normalized spacial score (nSPS) is 13.4. The summed E-state index contributed by atoms with van der Waals surface area (Å²) in [6.45, 7) is 1.72. The lowest BCUT2D eigenvalue weighted by atomic mass is 9.99. The molecule has 0 unspecified atom stereocenters. The lowest BCUT2D eigenvalue weighted by molar-refractivity contribution is -0.384. The van der Waals surface area contributed by atoms with Gasteiger partial charge in [-0.3, -0.25) is 10.1 Å². The number of hydrogen-bond acceptors (Lipinski definition) is 4.